The van der Waals surface area contributed by atoms with Gasteiger partial charge in [0, 0.05) is 13.0 Å². The molecule has 1 aliphatic heterocycles. The zero-order valence-electron chi connectivity index (χ0n) is 18.2. The zero-order chi connectivity index (χ0) is 22.2. The van der Waals surface area contributed by atoms with Gasteiger partial charge in [0.25, 0.3) is 5.91 Å². The summed E-state index contributed by atoms with van der Waals surface area (Å²) in [5.41, 5.74) is 1.02. The molecule has 1 amide bonds. The molecule has 0 N–H and O–H groups in total. The maximum Gasteiger partial charge on any atom is 0.267 e. The third-order valence-electron chi connectivity index (χ3n) is 4.97. The molecule has 1 fully saturated rings. The van der Waals surface area contributed by atoms with Crippen LogP contribution in [0.1, 0.15) is 35.5 Å². The van der Waals surface area contributed by atoms with Crippen molar-refractivity contribution in [1.82, 2.24) is 4.90 Å². The highest BCUT2D eigenvalue weighted by Gasteiger charge is 2.28. The molecule has 7 nitrogen and oxygen atoms in total. The van der Waals surface area contributed by atoms with E-state index in [2.05, 4.69) is 0 Å². The van der Waals surface area contributed by atoms with E-state index in [1.54, 1.807) is 18.9 Å². The van der Waals surface area contributed by atoms with Gasteiger partial charge < -0.3 is 28.6 Å². The molecule has 3 rings (SSSR count). The van der Waals surface area contributed by atoms with Crippen LogP contribution >= 0.6 is 11.3 Å². The molecule has 168 valence electrons. The van der Waals surface area contributed by atoms with Gasteiger partial charge in [-0.2, -0.15) is 0 Å². The smallest absolute Gasteiger partial charge is 0.267 e. The first-order valence-corrected chi connectivity index (χ1v) is 11.3. The molecule has 1 aliphatic rings. The summed E-state index contributed by atoms with van der Waals surface area (Å²) in [4.78, 5) is 26.6. The van der Waals surface area contributed by atoms with Crippen molar-refractivity contribution >= 4 is 23.0 Å². The molecule has 0 aliphatic carbocycles. The van der Waals surface area contributed by atoms with Crippen LogP contribution in [-0.4, -0.2) is 62.7 Å². The molecule has 0 bridgehead atoms. The molecule has 1 aromatic carbocycles. The third kappa shape index (κ3) is 6.21. The lowest BCUT2D eigenvalue weighted by molar-refractivity contribution is -0.116. The summed E-state index contributed by atoms with van der Waals surface area (Å²) in [5.74, 6) is 1.97. The molecule has 1 aromatic heterocycles. The quantitative estimate of drug-likeness (QED) is 0.554. The van der Waals surface area contributed by atoms with Gasteiger partial charge in [0.05, 0.1) is 26.9 Å². The third-order valence-corrected chi connectivity index (χ3v) is 5.85. The Morgan fingerprint density at radius 3 is 2.77 bits per heavy atom. The highest BCUT2D eigenvalue weighted by molar-refractivity contribution is 7.12. The molecule has 2 heterocycles. The Labute approximate surface area is 186 Å². The molecular weight excluding hydrogens is 418 g/mol. The van der Waals surface area contributed by atoms with E-state index in [-0.39, 0.29) is 17.8 Å². The summed E-state index contributed by atoms with van der Waals surface area (Å²) >= 11 is 1.39. The van der Waals surface area contributed by atoms with Crippen LogP contribution in [0.5, 0.6) is 17.2 Å². The van der Waals surface area contributed by atoms with Crippen molar-refractivity contribution in [1.29, 1.82) is 0 Å². The average Bonchev–Trinajstić information content (AvgIpc) is 3.24. The summed E-state index contributed by atoms with van der Waals surface area (Å²) in [5, 5.41) is 1.87. The second kappa shape index (κ2) is 11.2. The van der Waals surface area contributed by atoms with E-state index >= 15 is 0 Å². The van der Waals surface area contributed by atoms with Gasteiger partial charge in [0.2, 0.25) is 0 Å². The lowest BCUT2D eigenvalue weighted by Crippen LogP contribution is -2.47. The number of ether oxygens (including phenoxy) is 4. The number of morpholine rings is 1. The predicted molar refractivity (Wildman–Crippen MR) is 119 cm³/mol. The number of thiophene rings is 1. The number of Topliss-reactive ketones (excluding diaryl/α,β-unsaturated/α-hetero) is 1. The Hall–Kier alpha value is -2.58. The van der Waals surface area contributed by atoms with Gasteiger partial charge in [0.1, 0.15) is 29.1 Å². The number of rotatable bonds is 10. The number of aryl methyl sites for hydroxylation is 1. The topological polar surface area (TPSA) is 74.3 Å². The molecule has 0 radical (unpaired) electrons. The van der Waals surface area contributed by atoms with Crippen molar-refractivity contribution in [3.63, 3.8) is 0 Å². The fraction of sp³-hybridized carbons (Fsp3) is 0.478. The molecule has 1 unspecified atom stereocenters. The second-order valence-corrected chi connectivity index (χ2v) is 8.21. The van der Waals surface area contributed by atoms with Crippen LogP contribution in [0.3, 0.4) is 0 Å². The Morgan fingerprint density at radius 2 is 2.03 bits per heavy atom. The Balaban J connectivity index is 1.58. The van der Waals surface area contributed by atoms with Crippen LogP contribution in [0.4, 0.5) is 0 Å². The molecule has 0 spiro atoms. The lowest BCUT2D eigenvalue weighted by atomic mass is 10.1. The van der Waals surface area contributed by atoms with E-state index < -0.39 is 0 Å². The average molecular weight is 448 g/mol. The van der Waals surface area contributed by atoms with Crippen LogP contribution in [-0.2, 0) is 16.0 Å². The molecule has 1 atom stereocenters. The summed E-state index contributed by atoms with van der Waals surface area (Å²) in [6.45, 7) is 5.74. The van der Waals surface area contributed by atoms with Gasteiger partial charge in [-0.3, -0.25) is 4.79 Å². The number of carbonyl (C=O) groups is 2. The standard InChI is InChI=1S/C23H29NO6S/c1-4-28-20-9-12-31-22(20)23(26)24-10-11-29-18(14-24)15-30-19-8-7-17(6-5-16(2)25)13-21(19)27-3/h7-9,12-13,18H,4-6,10-11,14-15H2,1-3H3. The van der Waals surface area contributed by atoms with Crippen LogP contribution in [0.25, 0.3) is 0 Å². The fourth-order valence-electron chi connectivity index (χ4n) is 3.36. The van der Waals surface area contributed by atoms with Crippen molar-refractivity contribution in [2.45, 2.75) is 32.8 Å². The molecule has 8 heteroatoms. The minimum absolute atomic E-state index is 0.0424. The van der Waals surface area contributed by atoms with E-state index in [0.717, 1.165) is 5.56 Å². The van der Waals surface area contributed by atoms with Crippen molar-refractivity contribution in [3.05, 3.63) is 40.1 Å². The van der Waals surface area contributed by atoms with Crippen LogP contribution in [0.15, 0.2) is 29.6 Å². The Morgan fingerprint density at radius 1 is 1.19 bits per heavy atom. The van der Waals surface area contributed by atoms with Crippen molar-refractivity contribution < 1.29 is 28.5 Å². The monoisotopic (exact) mass is 447 g/mol. The first-order valence-electron chi connectivity index (χ1n) is 10.4. The Kier molecular flexibility index (Phi) is 8.31. The number of methoxy groups -OCH3 is 1. The number of nitrogens with zero attached hydrogens (tertiary/aromatic N) is 1. The maximum absolute atomic E-state index is 12.9. The van der Waals surface area contributed by atoms with Crippen molar-refractivity contribution in [2.75, 3.05) is 40.0 Å². The zero-order valence-corrected chi connectivity index (χ0v) is 19.0. The summed E-state index contributed by atoms with van der Waals surface area (Å²) in [6, 6.07) is 7.50. The molecule has 1 saturated heterocycles. The lowest BCUT2D eigenvalue weighted by Gasteiger charge is -2.32. The first-order chi connectivity index (χ1) is 15.0. The van der Waals surface area contributed by atoms with Gasteiger partial charge in [-0.05, 0) is 49.4 Å². The summed E-state index contributed by atoms with van der Waals surface area (Å²) in [6.07, 6.45) is 0.926. The van der Waals surface area contributed by atoms with E-state index in [9.17, 15) is 9.59 Å². The van der Waals surface area contributed by atoms with Crippen LogP contribution in [0, 0.1) is 0 Å². The van der Waals surface area contributed by atoms with Gasteiger partial charge in [-0.1, -0.05) is 6.07 Å². The highest BCUT2D eigenvalue weighted by Crippen LogP contribution is 2.30. The van der Waals surface area contributed by atoms with E-state index in [1.165, 1.54) is 11.3 Å². The summed E-state index contributed by atoms with van der Waals surface area (Å²) in [7, 11) is 1.59. The Bertz CT molecular complexity index is 896. The molecular formula is C23H29NO6S. The van der Waals surface area contributed by atoms with Crippen LogP contribution < -0.4 is 14.2 Å². The predicted octanol–water partition coefficient (Wildman–Crippen LogP) is 3.60. The number of ketones is 1. The summed E-state index contributed by atoms with van der Waals surface area (Å²) < 4.78 is 22.8. The molecule has 0 saturated carbocycles. The first kappa shape index (κ1) is 23.1. The van der Waals surface area contributed by atoms with Crippen LogP contribution in [0.2, 0.25) is 0 Å². The molecule has 2 aromatic rings. The molecule has 31 heavy (non-hydrogen) atoms. The number of hydrogen-bond donors (Lipinski definition) is 0. The van der Waals surface area contributed by atoms with Gasteiger partial charge in [0.15, 0.2) is 11.5 Å². The van der Waals surface area contributed by atoms with Gasteiger partial charge >= 0.3 is 0 Å². The highest BCUT2D eigenvalue weighted by atomic mass is 32.1. The normalized spacial score (nSPS) is 16.1. The van der Waals surface area contributed by atoms with E-state index in [1.807, 2.05) is 36.6 Å². The number of benzene rings is 1. The fourth-order valence-corrected chi connectivity index (χ4v) is 4.16. The number of carbonyl (C=O) groups excluding carboxylic acids is 2. The van der Waals surface area contributed by atoms with Crippen molar-refractivity contribution in [2.24, 2.45) is 0 Å². The number of hydrogen-bond acceptors (Lipinski definition) is 7. The van der Waals surface area contributed by atoms with E-state index in [0.29, 0.717) is 67.9 Å². The SMILES string of the molecule is CCOc1ccsc1C(=O)N1CCOC(COc2ccc(CCC(C)=O)cc2OC)C1. The van der Waals surface area contributed by atoms with Crippen molar-refractivity contribution in [3.8, 4) is 17.2 Å². The second-order valence-electron chi connectivity index (χ2n) is 7.29. The largest absolute Gasteiger partial charge is 0.493 e. The minimum Gasteiger partial charge on any atom is -0.493 e. The maximum atomic E-state index is 12.9. The van der Waals surface area contributed by atoms with Gasteiger partial charge in [-0.25, -0.2) is 0 Å². The number of amides is 1. The minimum atomic E-state index is -0.240. The van der Waals surface area contributed by atoms with E-state index in [4.69, 9.17) is 18.9 Å². The van der Waals surface area contributed by atoms with Gasteiger partial charge in [-0.15, -0.1) is 11.3 Å².